The lowest BCUT2D eigenvalue weighted by molar-refractivity contribution is -0.137. The quantitative estimate of drug-likeness (QED) is 0.123. The van der Waals surface area contributed by atoms with Crippen LogP contribution in [0.3, 0.4) is 0 Å². The molecule has 0 saturated carbocycles. The highest BCUT2D eigenvalue weighted by atomic mass is 32.3. The molecular formula is C40H31F3O5S3. The van der Waals surface area contributed by atoms with Gasteiger partial charge >= 0.3 is 16.3 Å². The summed E-state index contributed by atoms with van der Waals surface area (Å²) in [6.45, 7) is 1.82. The summed E-state index contributed by atoms with van der Waals surface area (Å²) < 4.78 is 80.9. The zero-order chi connectivity index (χ0) is 36.2. The average Bonchev–Trinajstić information content (AvgIpc) is 3.14. The number of benzene rings is 6. The average molecular weight is 745 g/mol. The SMILES string of the molecule is COc1ccc(S(OS(=O)(=O)c2ccc(C)cc2)(c2ccc(Sc3cccc(C(=O)c4ccccc4)c3)cc2)c2ccc(C(F)(F)F)cc2)cc1. The summed E-state index contributed by atoms with van der Waals surface area (Å²) in [5.41, 5.74) is 1.07. The number of carbonyl (C=O) groups excluding carboxylic acids is 1. The number of methoxy groups -OCH3 is 1. The van der Waals surface area contributed by atoms with Gasteiger partial charge in [0.15, 0.2) is 5.78 Å². The maximum absolute atomic E-state index is 14.1. The molecule has 6 aromatic carbocycles. The van der Waals surface area contributed by atoms with E-state index < -0.39 is 32.2 Å². The fraction of sp³-hybridized carbons (Fsp3) is 0.0750. The standard InChI is InChI=1S/C40H31F3O5S3/c1-28-11-19-38(20-12-28)51(45,46)48-50(36-23-15-32(47-2)16-24-36,35-21-13-31(14-22-35)40(41,42)43)37-25-17-33(18-26-37)49-34-10-6-9-30(27-34)39(44)29-7-4-3-5-8-29/h3-27H,1-2H3. The lowest BCUT2D eigenvalue weighted by Crippen LogP contribution is -2.15. The first-order chi connectivity index (χ1) is 24.4. The fourth-order valence-corrected chi connectivity index (χ4v) is 11.4. The largest absolute Gasteiger partial charge is 0.497 e. The molecule has 0 saturated heterocycles. The molecule has 1 unspecified atom stereocenters. The van der Waals surface area contributed by atoms with Gasteiger partial charge in [-0.3, -0.25) is 4.79 Å². The predicted molar refractivity (Wildman–Crippen MR) is 193 cm³/mol. The molecule has 51 heavy (non-hydrogen) atoms. The van der Waals surface area contributed by atoms with Crippen LogP contribution in [0.4, 0.5) is 13.2 Å². The summed E-state index contributed by atoms with van der Waals surface area (Å²) >= 11 is 1.40. The Kier molecular flexibility index (Phi) is 10.5. The summed E-state index contributed by atoms with van der Waals surface area (Å²) in [5, 5.41) is 0. The van der Waals surface area contributed by atoms with E-state index in [0.29, 0.717) is 26.7 Å². The number of rotatable bonds is 11. The third-order valence-electron chi connectivity index (χ3n) is 7.93. The smallest absolute Gasteiger partial charge is 0.416 e. The van der Waals surface area contributed by atoms with E-state index >= 15 is 0 Å². The Bertz CT molecular complexity index is 2240. The number of carbonyl (C=O) groups is 1. The molecule has 6 aromatic rings. The van der Waals surface area contributed by atoms with Crippen LogP contribution in [0.1, 0.15) is 27.0 Å². The Balaban J connectivity index is 1.46. The number of alkyl halides is 3. The molecule has 0 bridgehead atoms. The second kappa shape index (κ2) is 14.8. The van der Waals surface area contributed by atoms with Gasteiger partial charge in [-0.25, -0.2) is 3.63 Å². The Morgan fingerprint density at radius 1 is 0.608 bits per heavy atom. The van der Waals surface area contributed by atoms with Crippen LogP contribution in [0.5, 0.6) is 5.75 Å². The van der Waals surface area contributed by atoms with E-state index in [4.69, 9.17) is 8.37 Å². The van der Waals surface area contributed by atoms with Crippen LogP contribution >= 0.6 is 22.1 Å². The van der Waals surface area contributed by atoms with Gasteiger partial charge in [0.05, 0.1) is 17.6 Å². The lowest BCUT2D eigenvalue weighted by Gasteiger charge is -2.39. The highest BCUT2D eigenvalue weighted by molar-refractivity contribution is 8.33. The number of halogens is 3. The summed E-state index contributed by atoms with van der Waals surface area (Å²) in [4.78, 5) is 15.7. The molecule has 0 spiro atoms. The van der Waals surface area contributed by atoms with Crippen molar-refractivity contribution in [3.8, 4) is 5.75 Å². The molecule has 0 fully saturated rings. The minimum Gasteiger partial charge on any atom is -0.497 e. The number of hydrogen-bond acceptors (Lipinski definition) is 6. The second-order valence-electron chi connectivity index (χ2n) is 11.4. The highest BCUT2D eigenvalue weighted by Gasteiger charge is 2.39. The van der Waals surface area contributed by atoms with Gasteiger partial charge in [-0.05, 0) is 114 Å². The summed E-state index contributed by atoms with van der Waals surface area (Å²) in [6.07, 6.45) is -4.60. The van der Waals surface area contributed by atoms with Gasteiger partial charge in [0, 0.05) is 35.6 Å². The Morgan fingerprint density at radius 2 is 1.14 bits per heavy atom. The minimum atomic E-state index is -4.60. The van der Waals surface area contributed by atoms with Crippen molar-refractivity contribution in [2.75, 3.05) is 7.11 Å². The van der Waals surface area contributed by atoms with Crippen molar-refractivity contribution in [1.82, 2.24) is 0 Å². The maximum Gasteiger partial charge on any atom is 0.416 e. The lowest BCUT2D eigenvalue weighted by atomic mass is 10.0. The van der Waals surface area contributed by atoms with E-state index in [0.717, 1.165) is 27.5 Å². The van der Waals surface area contributed by atoms with Crippen LogP contribution < -0.4 is 4.74 Å². The minimum absolute atomic E-state index is 0.0949. The zero-order valence-corrected chi connectivity index (χ0v) is 29.8. The molecule has 0 aliphatic heterocycles. The van der Waals surface area contributed by atoms with Gasteiger partial charge in [0.25, 0.3) is 0 Å². The molecule has 0 amide bonds. The summed E-state index contributed by atoms with van der Waals surface area (Å²) in [7, 11) is -6.23. The van der Waals surface area contributed by atoms with E-state index in [2.05, 4.69) is 0 Å². The van der Waals surface area contributed by atoms with Crippen LogP contribution in [-0.4, -0.2) is 21.3 Å². The molecule has 6 rings (SSSR count). The van der Waals surface area contributed by atoms with E-state index in [1.54, 1.807) is 91.0 Å². The highest BCUT2D eigenvalue weighted by Crippen LogP contribution is 2.70. The fourth-order valence-electron chi connectivity index (χ4n) is 5.30. The normalized spacial score (nSPS) is 13.6. The predicted octanol–water partition coefficient (Wildman–Crippen LogP) is 11.0. The van der Waals surface area contributed by atoms with Crippen molar-refractivity contribution in [2.24, 2.45) is 0 Å². The van der Waals surface area contributed by atoms with Gasteiger partial charge in [-0.1, -0.05) is 71.9 Å². The first kappa shape index (κ1) is 36.0. The molecule has 0 N–H and O–H groups in total. The van der Waals surface area contributed by atoms with Crippen molar-refractivity contribution >= 4 is 38.0 Å². The molecular weight excluding hydrogens is 714 g/mol. The van der Waals surface area contributed by atoms with Crippen molar-refractivity contribution < 1.29 is 34.7 Å². The number of hydrogen-bond donors (Lipinski definition) is 0. The van der Waals surface area contributed by atoms with Gasteiger partial charge in [-0.15, -0.1) is 0 Å². The van der Waals surface area contributed by atoms with Gasteiger partial charge in [0.2, 0.25) is 0 Å². The Labute approximate surface area is 300 Å². The van der Waals surface area contributed by atoms with E-state index in [1.807, 2.05) is 31.2 Å². The van der Waals surface area contributed by atoms with E-state index in [1.165, 1.54) is 43.1 Å². The van der Waals surface area contributed by atoms with E-state index in [9.17, 15) is 26.4 Å². The van der Waals surface area contributed by atoms with Crippen molar-refractivity contribution in [3.05, 3.63) is 174 Å². The van der Waals surface area contributed by atoms with Crippen LogP contribution in [0, 0.1) is 6.92 Å². The molecule has 0 radical (unpaired) electrons. The topological polar surface area (TPSA) is 69.7 Å². The molecule has 0 aliphatic carbocycles. The Hall–Kier alpha value is -4.81. The molecule has 1 atom stereocenters. The van der Waals surface area contributed by atoms with E-state index in [-0.39, 0.29) is 15.6 Å². The molecule has 0 heterocycles. The summed E-state index contributed by atoms with van der Waals surface area (Å²) in [6, 6.07) is 40.4. The molecule has 260 valence electrons. The van der Waals surface area contributed by atoms with Crippen LogP contribution in [0.25, 0.3) is 0 Å². The second-order valence-corrected chi connectivity index (χ2v) is 17.0. The van der Waals surface area contributed by atoms with Crippen LogP contribution in [0.15, 0.2) is 181 Å². The summed E-state index contributed by atoms with van der Waals surface area (Å²) in [5.74, 6) is 0.394. The van der Waals surface area contributed by atoms with Gasteiger partial charge in [-0.2, -0.15) is 21.6 Å². The monoisotopic (exact) mass is 744 g/mol. The first-order valence-electron chi connectivity index (χ1n) is 15.5. The van der Waals surface area contributed by atoms with Crippen molar-refractivity contribution in [2.45, 2.75) is 42.5 Å². The molecule has 0 aliphatic rings. The van der Waals surface area contributed by atoms with Gasteiger partial charge < -0.3 is 4.74 Å². The third kappa shape index (κ3) is 7.92. The number of ether oxygens (including phenoxy) is 1. The molecule has 0 aromatic heterocycles. The Morgan fingerprint density at radius 3 is 1.71 bits per heavy atom. The maximum atomic E-state index is 14.1. The number of ketones is 1. The molecule has 11 heteroatoms. The van der Waals surface area contributed by atoms with Gasteiger partial charge in [0.1, 0.15) is 5.75 Å². The molecule has 5 nitrogen and oxygen atoms in total. The first-order valence-corrected chi connectivity index (χ1v) is 19.3. The van der Waals surface area contributed by atoms with Crippen LogP contribution in [0.2, 0.25) is 0 Å². The van der Waals surface area contributed by atoms with Crippen molar-refractivity contribution in [1.29, 1.82) is 0 Å². The third-order valence-corrected chi connectivity index (χ3v) is 14.1. The number of aryl methyl sites for hydroxylation is 1. The zero-order valence-electron chi connectivity index (χ0n) is 27.3. The van der Waals surface area contributed by atoms with Crippen LogP contribution in [-0.2, 0) is 19.9 Å². The van der Waals surface area contributed by atoms with Crippen molar-refractivity contribution in [3.63, 3.8) is 0 Å².